The Labute approximate surface area is 200 Å². The molecule has 0 radical (unpaired) electrons. The van der Waals surface area contributed by atoms with Gasteiger partial charge in [0.25, 0.3) is 5.56 Å². The van der Waals surface area contributed by atoms with Crippen molar-refractivity contribution in [2.24, 2.45) is 5.92 Å². The van der Waals surface area contributed by atoms with Gasteiger partial charge in [0.1, 0.15) is 11.6 Å². The third-order valence-electron chi connectivity index (χ3n) is 7.22. The minimum absolute atomic E-state index is 0.154. The molecule has 182 valence electrons. The number of aromatic nitrogens is 2. The summed E-state index contributed by atoms with van der Waals surface area (Å²) in [6, 6.07) is 4.23. The molecule has 1 aliphatic rings. The second-order valence-electron chi connectivity index (χ2n) is 10.0. The van der Waals surface area contributed by atoms with Gasteiger partial charge in [0.2, 0.25) is 0 Å². The summed E-state index contributed by atoms with van der Waals surface area (Å²) < 4.78 is 1.96. The number of unbranched alkanes of at least 4 members (excludes halogenated alkanes) is 1. The summed E-state index contributed by atoms with van der Waals surface area (Å²) >= 11 is 0. The largest absolute Gasteiger partial charge is 0.507 e. The Morgan fingerprint density at radius 2 is 1.61 bits per heavy atom. The summed E-state index contributed by atoms with van der Waals surface area (Å²) in [6.45, 7) is 9.27. The lowest BCUT2D eigenvalue weighted by molar-refractivity contribution is 0.311. The zero-order chi connectivity index (χ0) is 23.8. The Bertz CT molecular complexity index is 943. The molecule has 0 amide bonds. The molecule has 0 aliphatic heterocycles. The molecule has 1 N–H and O–H groups in total. The van der Waals surface area contributed by atoms with Gasteiger partial charge in [0.15, 0.2) is 0 Å². The topological polar surface area (TPSA) is 55.1 Å². The number of hydrogen-bond acceptors (Lipinski definition) is 3. The van der Waals surface area contributed by atoms with Gasteiger partial charge in [-0.2, -0.15) is 0 Å². The summed E-state index contributed by atoms with van der Waals surface area (Å²) in [7, 11) is 0. The van der Waals surface area contributed by atoms with Crippen molar-refractivity contribution < 1.29 is 5.11 Å². The van der Waals surface area contributed by atoms with E-state index >= 15 is 0 Å². The molecule has 0 saturated heterocycles. The maximum absolute atomic E-state index is 13.8. The molecule has 1 aliphatic carbocycles. The Morgan fingerprint density at radius 1 is 0.970 bits per heavy atom. The summed E-state index contributed by atoms with van der Waals surface area (Å²) in [5, 5.41) is 10.8. The maximum atomic E-state index is 13.8. The van der Waals surface area contributed by atoms with E-state index < -0.39 is 0 Å². The first kappa shape index (κ1) is 25.5. The average Bonchev–Trinajstić information content (AvgIpc) is 2.81. The van der Waals surface area contributed by atoms with Crippen LogP contribution in [-0.2, 0) is 32.2 Å². The number of nitrogens with zero attached hydrogens (tertiary/aromatic N) is 2. The van der Waals surface area contributed by atoms with Crippen LogP contribution in [0.1, 0.15) is 112 Å². The molecule has 4 heteroatoms. The fourth-order valence-electron chi connectivity index (χ4n) is 5.39. The maximum Gasteiger partial charge on any atom is 0.257 e. The second-order valence-corrected chi connectivity index (χ2v) is 10.0. The van der Waals surface area contributed by atoms with E-state index in [2.05, 4.69) is 32.9 Å². The number of phenolic OH excluding ortho intramolecular Hbond substituents is 1. The van der Waals surface area contributed by atoms with Gasteiger partial charge in [-0.1, -0.05) is 71.4 Å². The van der Waals surface area contributed by atoms with Crippen molar-refractivity contribution in [1.29, 1.82) is 0 Å². The van der Waals surface area contributed by atoms with Gasteiger partial charge in [-0.3, -0.25) is 9.36 Å². The molecule has 1 fully saturated rings. The Hall–Kier alpha value is -2.10. The van der Waals surface area contributed by atoms with Crippen LogP contribution in [0.3, 0.4) is 0 Å². The lowest BCUT2D eigenvalue weighted by Gasteiger charge is -2.24. The van der Waals surface area contributed by atoms with Crippen molar-refractivity contribution in [2.75, 3.05) is 0 Å². The molecular formula is C29H44N2O2. The van der Waals surface area contributed by atoms with Crippen LogP contribution in [0.15, 0.2) is 16.9 Å². The van der Waals surface area contributed by atoms with Crippen LogP contribution < -0.4 is 5.56 Å². The normalized spacial score (nSPS) is 14.7. The summed E-state index contributed by atoms with van der Waals surface area (Å²) in [5.41, 5.74) is 5.14. The predicted molar refractivity (Wildman–Crippen MR) is 137 cm³/mol. The Morgan fingerprint density at radius 3 is 2.18 bits per heavy atom. The monoisotopic (exact) mass is 452 g/mol. The van der Waals surface area contributed by atoms with Gasteiger partial charge in [-0.15, -0.1) is 0 Å². The number of benzene rings is 1. The van der Waals surface area contributed by atoms with E-state index in [0.29, 0.717) is 18.1 Å². The standard InChI is InChI=1S/C29H44N2O2/c1-5-8-16-27-26(19-23-17-24(12-6-2)28(32)25(18-23)13-7-3)29(33)31(21(4)30-27)20-22-14-10-9-11-15-22/h17-18,22,32H,5-16,19-20H2,1-4H3. The van der Waals surface area contributed by atoms with Crippen LogP contribution in [0.25, 0.3) is 0 Å². The Kier molecular flexibility index (Phi) is 9.58. The van der Waals surface area contributed by atoms with Crippen molar-refractivity contribution in [2.45, 2.75) is 118 Å². The summed E-state index contributed by atoms with van der Waals surface area (Å²) in [4.78, 5) is 18.8. The minimum atomic E-state index is 0.154. The van der Waals surface area contributed by atoms with E-state index in [1.165, 1.54) is 32.1 Å². The highest BCUT2D eigenvalue weighted by atomic mass is 16.3. The van der Waals surface area contributed by atoms with Gasteiger partial charge in [-0.05, 0) is 68.1 Å². The summed E-state index contributed by atoms with van der Waals surface area (Å²) in [5.74, 6) is 1.90. The van der Waals surface area contributed by atoms with Crippen molar-refractivity contribution >= 4 is 0 Å². The van der Waals surface area contributed by atoms with Crippen molar-refractivity contribution in [3.8, 4) is 5.75 Å². The molecular weight excluding hydrogens is 408 g/mol. The number of aryl methyl sites for hydroxylation is 4. The lowest BCUT2D eigenvalue weighted by atomic mass is 9.89. The van der Waals surface area contributed by atoms with Crippen LogP contribution in [-0.4, -0.2) is 14.7 Å². The van der Waals surface area contributed by atoms with Gasteiger partial charge in [-0.25, -0.2) is 4.98 Å². The molecule has 0 atom stereocenters. The molecule has 33 heavy (non-hydrogen) atoms. The number of aromatic hydroxyl groups is 1. The molecule has 4 nitrogen and oxygen atoms in total. The van der Waals surface area contributed by atoms with Crippen LogP contribution in [0.5, 0.6) is 5.75 Å². The molecule has 0 unspecified atom stereocenters. The quantitative estimate of drug-likeness (QED) is 0.414. The number of phenols is 1. The highest BCUT2D eigenvalue weighted by molar-refractivity contribution is 5.45. The Balaban J connectivity index is 2.02. The molecule has 1 saturated carbocycles. The predicted octanol–water partition coefficient (Wildman–Crippen LogP) is 6.68. The molecule has 1 aromatic heterocycles. The fourth-order valence-corrected chi connectivity index (χ4v) is 5.39. The van der Waals surface area contributed by atoms with E-state index in [0.717, 1.165) is 85.3 Å². The lowest BCUT2D eigenvalue weighted by Crippen LogP contribution is -2.32. The molecule has 1 heterocycles. The summed E-state index contributed by atoms with van der Waals surface area (Å²) in [6.07, 6.45) is 13.6. The molecule has 1 aromatic carbocycles. The fraction of sp³-hybridized carbons (Fsp3) is 0.655. The smallest absolute Gasteiger partial charge is 0.257 e. The van der Waals surface area contributed by atoms with Gasteiger partial charge >= 0.3 is 0 Å². The minimum Gasteiger partial charge on any atom is -0.507 e. The second kappa shape index (κ2) is 12.4. The first-order valence-electron chi connectivity index (χ1n) is 13.4. The third kappa shape index (κ3) is 6.49. The molecule has 2 aromatic rings. The first-order valence-corrected chi connectivity index (χ1v) is 13.4. The zero-order valence-corrected chi connectivity index (χ0v) is 21.4. The van der Waals surface area contributed by atoms with Crippen molar-refractivity contribution in [3.63, 3.8) is 0 Å². The van der Waals surface area contributed by atoms with Crippen molar-refractivity contribution in [3.05, 3.63) is 56.3 Å². The van der Waals surface area contributed by atoms with Gasteiger partial charge in [0.05, 0.1) is 5.69 Å². The number of hydrogen-bond donors (Lipinski definition) is 1. The SMILES string of the molecule is CCCCc1nc(C)n(CC2CCCCC2)c(=O)c1Cc1cc(CCC)c(O)c(CCC)c1. The average molecular weight is 453 g/mol. The first-order chi connectivity index (χ1) is 16.0. The van der Waals surface area contributed by atoms with Crippen molar-refractivity contribution in [1.82, 2.24) is 9.55 Å². The van der Waals surface area contributed by atoms with Crippen LogP contribution in [0.4, 0.5) is 0 Å². The zero-order valence-electron chi connectivity index (χ0n) is 21.4. The molecule has 0 bridgehead atoms. The molecule has 0 spiro atoms. The van der Waals surface area contributed by atoms with E-state index in [4.69, 9.17) is 4.98 Å². The van der Waals surface area contributed by atoms with E-state index in [1.54, 1.807) is 0 Å². The highest BCUT2D eigenvalue weighted by Gasteiger charge is 2.20. The third-order valence-corrected chi connectivity index (χ3v) is 7.22. The van der Waals surface area contributed by atoms with Gasteiger partial charge < -0.3 is 5.11 Å². The van der Waals surface area contributed by atoms with Crippen LogP contribution >= 0.6 is 0 Å². The van der Waals surface area contributed by atoms with Gasteiger partial charge in [0, 0.05) is 18.5 Å². The van der Waals surface area contributed by atoms with E-state index in [1.807, 2.05) is 11.5 Å². The highest BCUT2D eigenvalue weighted by Crippen LogP contribution is 2.29. The van der Waals surface area contributed by atoms with Crippen LogP contribution in [0.2, 0.25) is 0 Å². The molecule has 3 rings (SSSR count). The van der Waals surface area contributed by atoms with Crippen LogP contribution in [0, 0.1) is 12.8 Å². The number of rotatable bonds is 11. The van der Waals surface area contributed by atoms with E-state index in [-0.39, 0.29) is 5.56 Å². The van der Waals surface area contributed by atoms with E-state index in [9.17, 15) is 9.90 Å².